The van der Waals surface area contributed by atoms with Gasteiger partial charge in [-0.3, -0.25) is 0 Å². The Balaban J connectivity index is 1.99. The van der Waals surface area contributed by atoms with Crippen molar-refractivity contribution in [2.24, 2.45) is 11.7 Å². The average Bonchev–Trinajstić information content (AvgIpc) is 2.49. The zero-order chi connectivity index (χ0) is 15.2. The second-order valence-electron chi connectivity index (χ2n) is 6.03. The van der Waals surface area contributed by atoms with Crippen LogP contribution in [0.3, 0.4) is 0 Å². The molecule has 112 valence electrons. The minimum Gasteiger partial charge on any atom is -0.330 e. The topological polar surface area (TPSA) is 26.0 Å². The molecular formula is C19H24FN. The second-order valence-corrected chi connectivity index (χ2v) is 6.03. The Labute approximate surface area is 127 Å². The van der Waals surface area contributed by atoms with E-state index < -0.39 is 0 Å². The molecule has 2 aromatic carbocycles. The van der Waals surface area contributed by atoms with E-state index in [-0.39, 0.29) is 5.82 Å². The molecule has 2 N–H and O–H groups in total. The summed E-state index contributed by atoms with van der Waals surface area (Å²) in [6.45, 7) is 5.04. The zero-order valence-corrected chi connectivity index (χ0v) is 12.9. The predicted octanol–water partition coefficient (Wildman–Crippen LogP) is 4.31. The second kappa shape index (κ2) is 7.37. The lowest BCUT2D eigenvalue weighted by Gasteiger charge is -2.15. The Kier molecular flexibility index (Phi) is 5.51. The van der Waals surface area contributed by atoms with E-state index in [1.807, 2.05) is 12.1 Å². The molecule has 2 heteroatoms. The third-order valence-electron chi connectivity index (χ3n) is 3.94. The third kappa shape index (κ3) is 4.68. The summed E-state index contributed by atoms with van der Waals surface area (Å²) in [4.78, 5) is 0. The molecule has 0 spiro atoms. The summed E-state index contributed by atoms with van der Waals surface area (Å²) in [7, 11) is 0. The summed E-state index contributed by atoms with van der Waals surface area (Å²) in [6.07, 6.45) is 1.86. The molecule has 1 unspecified atom stereocenters. The monoisotopic (exact) mass is 285 g/mol. The van der Waals surface area contributed by atoms with Crippen molar-refractivity contribution in [1.29, 1.82) is 0 Å². The van der Waals surface area contributed by atoms with Gasteiger partial charge in [0.05, 0.1) is 0 Å². The van der Waals surface area contributed by atoms with Crippen molar-refractivity contribution in [1.82, 2.24) is 0 Å². The molecule has 0 aliphatic rings. The minimum atomic E-state index is -0.188. The number of rotatable bonds is 6. The first-order valence-corrected chi connectivity index (χ1v) is 7.62. The van der Waals surface area contributed by atoms with Gasteiger partial charge >= 0.3 is 0 Å². The SMILES string of the molecule is CC(C)c1ccc(CC(CN)Cc2ccc(F)cc2)cc1. The smallest absolute Gasteiger partial charge is 0.123 e. The first-order chi connectivity index (χ1) is 10.1. The van der Waals surface area contributed by atoms with Crippen molar-refractivity contribution in [3.63, 3.8) is 0 Å². The predicted molar refractivity (Wildman–Crippen MR) is 86.9 cm³/mol. The van der Waals surface area contributed by atoms with E-state index >= 15 is 0 Å². The minimum absolute atomic E-state index is 0.188. The molecule has 0 fully saturated rings. The van der Waals surface area contributed by atoms with Gasteiger partial charge in [-0.15, -0.1) is 0 Å². The van der Waals surface area contributed by atoms with Gasteiger partial charge in [-0.1, -0.05) is 50.2 Å². The normalized spacial score (nSPS) is 12.6. The van der Waals surface area contributed by atoms with Crippen LogP contribution in [0.1, 0.15) is 36.5 Å². The van der Waals surface area contributed by atoms with Crippen molar-refractivity contribution < 1.29 is 4.39 Å². The number of halogens is 1. The molecular weight excluding hydrogens is 261 g/mol. The molecule has 0 amide bonds. The van der Waals surface area contributed by atoms with Crippen LogP contribution >= 0.6 is 0 Å². The highest BCUT2D eigenvalue weighted by Gasteiger charge is 2.10. The van der Waals surface area contributed by atoms with E-state index in [4.69, 9.17) is 5.73 Å². The summed E-state index contributed by atoms with van der Waals surface area (Å²) >= 11 is 0. The standard InChI is InChI=1S/C19H24FN/c1-14(2)18-7-3-15(4-8-18)11-17(13-21)12-16-5-9-19(20)10-6-16/h3-10,14,17H,11-13,21H2,1-2H3. The van der Waals surface area contributed by atoms with E-state index in [1.165, 1.54) is 23.3 Å². The van der Waals surface area contributed by atoms with E-state index in [1.54, 1.807) is 0 Å². The van der Waals surface area contributed by atoms with E-state index in [9.17, 15) is 4.39 Å². The Morgan fingerprint density at radius 3 is 1.76 bits per heavy atom. The molecule has 0 bridgehead atoms. The van der Waals surface area contributed by atoms with Crippen LogP contribution < -0.4 is 5.73 Å². The Morgan fingerprint density at radius 1 is 0.857 bits per heavy atom. The first-order valence-electron chi connectivity index (χ1n) is 7.62. The summed E-state index contributed by atoms with van der Waals surface area (Å²) < 4.78 is 12.9. The average molecular weight is 285 g/mol. The van der Waals surface area contributed by atoms with Gasteiger partial charge in [0.15, 0.2) is 0 Å². The van der Waals surface area contributed by atoms with Crippen LogP contribution in [0.4, 0.5) is 4.39 Å². The molecule has 2 rings (SSSR count). The fourth-order valence-electron chi connectivity index (χ4n) is 2.56. The molecule has 2 aromatic rings. The largest absolute Gasteiger partial charge is 0.330 e. The van der Waals surface area contributed by atoms with Gasteiger partial charge in [0.1, 0.15) is 5.82 Å². The van der Waals surface area contributed by atoms with Crippen molar-refractivity contribution in [3.8, 4) is 0 Å². The number of hydrogen-bond donors (Lipinski definition) is 1. The van der Waals surface area contributed by atoms with E-state index in [0.717, 1.165) is 18.4 Å². The quantitative estimate of drug-likeness (QED) is 0.841. The van der Waals surface area contributed by atoms with Crippen molar-refractivity contribution in [3.05, 3.63) is 71.0 Å². The maximum absolute atomic E-state index is 12.9. The molecule has 0 saturated heterocycles. The number of benzene rings is 2. The van der Waals surface area contributed by atoms with Gasteiger partial charge in [-0.05, 0) is 60.0 Å². The van der Waals surface area contributed by atoms with Crippen LogP contribution in [0.2, 0.25) is 0 Å². The fourth-order valence-corrected chi connectivity index (χ4v) is 2.56. The lowest BCUT2D eigenvalue weighted by molar-refractivity contribution is 0.532. The van der Waals surface area contributed by atoms with Gasteiger partial charge in [0.25, 0.3) is 0 Å². The van der Waals surface area contributed by atoms with Gasteiger partial charge in [-0.2, -0.15) is 0 Å². The first kappa shape index (κ1) is 15.7. The zero-order valence-electron chi connectivity index (χ0n) is 12.9. The van der Waals surface area contributed by atoms with Crippen LogP contribution in [0, 0.1) is 11.7 Å². The van der Waals surface area contributed by atoms with Crippen LogP contribution in [0.5, 0.6) is 0 Å². The number of nitrogens with two attached hydrogens (primary N) is 1. The molecule has 1 atom stereocenters. The molecule has 0 saturated carbocycles. The highest BCUT2D eigenvalue weighted by atomic mass is 19.1. The lowest BCUT2D eigenvalue weighted by Crippen LogP contribution is -2.19. The van der Waals surface area contributed by atoms with Crippen molar-refractivity contribution >= 4 is 0 Å². The summed E-state index contributed by atoms with van der Waals surface area (Å²) in [5.74, 6) is 0.760. The van der Waals surface area contributed by atoms with E-state index in [0.29, 0.717) is 18.4 Å². The van der Waals surface area contributed by atoms with Gasteiger partial charge < -0.3 is 5.73 Å². The maximum atomic E-state index is 12.9. The molecule has 0 radical (unpaired) electrons. The van der Waals surface area contributed by atoms with Crippen molar-refractivity contribution in [2.75, 3.05) is 6.54 Å². The van der Waals surface area contributed by atoms with E-state index in [2.05, 4.69) is 38.1 Å². The summed E-state index contributed by atoms with van der Waals surface area (Å²) in [6, 6.07) is 15.5. The number of hydrogen-bond acceptors (Lipinski definition) is 1. The van der Waals surface area contributed by atoms with Crippen LogP contribution in [-0.2, 0) is 12.8 Å². The molecule has 0 aromatic heterocycles. The van der Waals surface area contributed by atoms with Crippen LogP contribution in [0.15, 0.2) is 48.5 Å². The highest BCUT2D eigenvalue weighted by Crippen LogP contribution is 2.18. The Hall–Kier alpha value is -1.67. The lowest BCUT2D eigenvalue weighted by atomic mass is 9.91. The fraction of sp³-hybridized carbons (Fsp3) is 0.368. The summed E-state index contributed by atoms with van der Waals surface area (Å²) in [5, 5.41) is 0. The van der Waals surface area contributed by atoms with Crippen LogP contribution in [-0.4, -0.2) is 6.54 Å². The molecule has 21 heavy (non-hydrogen) atoms. The van der Waals surface area contributed by atoms with Gasteiger partial charge in [-0.25, -0.2) is 4.39 Å². The van der Waals surface area contributed by atoms with Crippen molar-refractivity contribution in [2.45, 2.75) is 32.6 Å². The van der Waals surface area contributed by atoms with Crippen LogP contribution in [0.25, 0.3) is 0 Å². The molecule has 0 heterocycles. The summed E-state index contributed by atoms with van der Waals surface area (Å²) in [5.41, 5.74) is 9.73. The molecule has 1 nitrogen and oxygen atoms in total. The van der Waals surface area contributed by atoms with Gasteiger partial charge in [0, 0.05) is 0 Å². The molecule has 0 aliphatic carbocycles. The third-order valence-corrected chi connectivity index (χ3v) is 3.94. The Bertz CT molecular complexity index is 543. The maximum Gasteiger partial charge on any atom is 0.123 e. The Morgan fingerprint density at radius 2 is 1.33 bits per heavy atom. The highest BCUT2D eigenvalue weighted by molar-refractivity contribution is 5.25. The van der Waals surface area contributed by atoms with Gasteiger partial charge in [0.2, 0.25) is 0 Å². The molecule has 0 aliphatic heterocycles.